The van der Waals surface area contributed by atoms with Crippen LogP contribution in [0.4, 0.5) is 5.69 Å². The van der Waals surface area contributed by atoms with Crippen LogP contribution in [0.3, 0.4) is 0 Å². The van der Waals surface area contributed by atoms with Crippen molar-refractivity contribution in [2.75, 3.05) is 5.73 Å². The van der Waals surface area contributed by atoms with Gasteiger partial charge in [-0.3, -0.25) is 0 Å². The fourth-order valence-corrected chi connectivity index (χ4v) is 2.22. The first kappa shape index (κ1) is 13.2. The Bertz CT molecular complexity index is 317. The maximum atomic E-state index is 6.04. The molecule has 0 aromatic heterocycles. The molecule has 1 aliphatic rings. The molecule has 2 rings (SSSR count). The minimum atomic E-state index is 0. The summed E-state index contributed by atoms with van der Waals surface area (Å²) in [6.07, 6.45) is 6.24. The van der Waals surface area contributed by atoms with Gasteiger partial charge in [0.1, 0.15) is 11.4 Å². The second-order valence-corrected chi connectivity index (χ2v) is 4.68. The van der Waals surface area contributed by atoms with E-state index in [0.29, 0.717) is 0 Å². The second-order valence-electron chi connectivity index (χ2n) is 4.68. The topological polar surface area (TPSA) is 35.2 Å². The molecule has 0 amide bonds. The third-order valence-electron chi connectivity index (χ3n) is 3.16. The summed E-state index contributed by atoms with van der Waals surface area (Å²) < 4.78 is 6.04. The predicted molar refractivity (Wildman–Crippen MR) is 70.2 cm³/mol. The Morgan fingerprint density at radius 2 is 1.62 bits per heavy atom. The number of hydrogen-bond acceptors (Lipinski definition) is 2. The highest BCUT2D eigenvalue weighted by Crippen LogP contribution is 2.32. The molecule has 0 bridgehead atoms. The third kappa shape index (κ3) is 3.31. The van der Waals surface area contributed by atoms with E-state index in [1.807, 2.05) is 24.3 Å². The normalized spacial score (nSPS) is 18.6. The number of nitrogens with two attached hydrogens (primary N) is 1. The molecule has 16 heavy (non-hydrogen) atoms. The monoisotopic (exact) mass is 241 g/mol. The Kier molecular flexibility index (Phi) is 4.48. The minimum Gasteiger partial charge on any atom is -0.488 e. The maximum Gasteiger partial charge on any atom is 0.120 e. The van der Waals surface area contributed by atoms with Gasteiger partial charge in [0, 0.05) is 5.69 Å². The van der Waals surface area contributed by atoms with Crippen molar-refractivity contribution in [3.8, 4) is 5.75 Å². The van der Waals surface area contributed by atoms with Crippen LogP contribution in [0.2, 0.25) is 0 Å². The zero-order valence-corrected chi connectivity index (χ0v) is 10.6. The second kappa shape index (κ2) is 5.44. The third-order valence-corrected chi connectivity index (χ3v) is 3.16. The van der Waals surface area contributed by atoms with Crippen LogP contribution < -0.4 is 10.5 Å². The summed E-state index contributed by atoms with van der Waals surface area (Å²) in [5, 5.41) is 0. The summed E-state index contributed by atoms with van der Waals surface area (Å²) in [4.78, 5) is 0. The van der Waals surface area contributed by atoms with E-state index in [2.05, 4.69) is 6.92 Å². The van der Waals surface area contributed by atoms with E-state index < -0.39 is 0 Å². The highest BCUT2D eigenvalue weighted by atomic mass is 35.5. The van der Waals surface area contributed by atoms with Gasteiger partial charge < -0.3 is 10.5 Å². The van der Waals surface area contributed by atoms with E-state index in [9.17, 15) is 0 Å². The van der Waals surface area contributed by atoms with Crippen LogP contribution in [0.25, 0.3) is 0 Å². The Balaban J connectivity index is 0.00000128. The number of benzene rings is 1. The van der Waals surface area contributed by atoms with Gasteiger partial charge in [-0.05, 0) is 56.9 Å². The van der Waals surface area contributed by atoms with Crippen LogP contribution in [-0.2, 0) is 0 Å². The Labute approximate surface area is 104 Å². The van der Waals surface area contributed by atoms with Gasteiger partial charge in [0.15, 0.2) is 0 Å². The van der Waals surface area contributed by atoms with Gasteiger partial charge in [0.2, 0.25) is 0 Å². The summed E-state index contributed by atoms with van der Waals surface area (Å²) in [7, 11) is 0. The van der Waals surface area contributed by atoms with Crippen molar-refractivity contribution >= 4 is 18.1 Å². The zero-order valence-electron chi connectivity index (χ0n) is 9.74. The summed E-state index contributed by atoms with van der Waals surface area (Å²) in [5.74, 6) is 0.939. The average molecular weight is 242 g/mol. The van der Waals surface area contributed by atoms with Crippen LogP contribution in [0.15, 0.2) is 24.3 Å². The molecule has 1 aromatic carbocycles. The molecule has 0 atom stereocenters. The van der Waals surface area contributed by atoms with Gasteiger partial charge in [-0.15, -0.1) is 12.4 Å². The fraction of sp³-hybridized carbons (Fsp3) is 0.538. The SMILES string of the molecule is CC1(Oc2ccc(N)cc2)CCCCC1.Cl. The first-order valence-corrected chi connectivity index (χ1v) is 5.73. The molecule has 90 valence electrons. The molecule has 2 N–H and O–H groups in total. The van der Waals surface area contributed by atoms with Crippen LogP contribution in [-0.4, -0.2) is 5.60 Å². The van der Waals surface area contributed by atoms with Crippen LogP contribution >= 0.6 is 12.4 Å². The number of ether oxygens (including phenoxy) is 1. The van der Waals surface area contributed by atoms with Gasteiger partial charge in [0.05, 0.1) is 0 Å². The molecule has 0 spiro atoms. The zero-order chi connectivity index (χ0) is 10.7. The molecule has 3 heteroatoms. The van der Waals surface area contributed by atoms with Crippen LogP contribution in [0, 0.1) is 0 Å². The van der Waals surface area contributed by atoms with Gasteiger partial charge in [-0.1, -0.05) is 6.42 Å². The lowest BCUT2D eigenvalue weighted by atomic mass is 9.86. The molecule has 1 fully saturated rings. The lowest BCUT2D eigenvalue weighted by Crippen LogP contribution is -2.34. The van der Waals surface area contributed by atoms with E-state index in [1.54, 1.807) is 0 Å². The fourth-order valence-electron chi connectivity index (χ4n) is 2.22. The average Bonchev–Trinajstić information content (AvgIpc) is 2.22. The highest BCUT2D eigenvalue weighted by Gasteiger charge is 2.28. The molecular weight excluding hydrogens is 222 g/mol. The molecule has 0 unspecified atom stereocenters. The summed E-state index contributed by atoms with van der Waals surface area (Å²) >= 11 is 0. The lowest BCUT2D eigenvalue weighted by molar-refractivity contribution is 0.0487. The van der Waals surface area contributed by atoms with Crippen LogP contribution in [0.5, 0.6) is 5.75 Å². The van der Waals surface area contributed by atoms with E-state index >= 15 is 0 Å². The van der Waals surface area contributed by atoms with E-state index in [4.69, 9.17) is 10.5 Å². The largest absolute Gasteiger partial charge is 0.488 e. The Morgan fingerprint density at radius 1 is 1.06 bits per heavy atom. The van der Waals surface area contributed by atoms with Crippen molar-refractivity contribution in [1.82, 2.24) is 0 Å². The molecule has 0 radical (unpaired) electrons. The van der Waals surface area contributed by atoms with Gasteiger partial charge in [-0.2, -0.15) is 0 Å². The minimum absolute atomic E-state index is 0. The summed E-state index contributed by atoms with van der Waals surface area (Å²) in [6.45, 7) is 2.21. The standard InChI is InChI=1S/C13H19NO.ClH/c1-13(9-3-2-4-10-13)15-12-7-5-11(14)6-8-12;/h5-8H,2-4,9-10,14H2,1H3;1H. The highest BCUT2D eigenvalue weighted by molar-refractivity contribution is 5.85. The Morgan fingerprint density at radius 3 is 2.19 bits per heavy atom. The molecular formula is C13H20ClNO. The van der Waals surface area contributed by atoms with Crippen molar-refractivity contribution in [1.29, 1.82) is 0 Å². The smallest absolute Gasteiger partial charge is 0.120 e. The van der Waals surface area contributed by atoms with Crippen molar-refractivity contribution in [2.24, 2.45) is 0 Å². The van der Waals surface area contributed by atoms with E-state index in [1.165, 1.54) is 19.3 Å². The Hall–Kier alpha value is -0.890. The number of halogens is 1. The van der Waals surface area contributed by atoms with Gasteiger partial charge >= 0.3 is 0 Å². The number of rotatable bonds is 2. The first-order valence-electron chi connectivity index (χ1n) is 5.73. The molecule has 1 aromatic rings. The van der Waals surface area contributed by atoms with Crippen molar-refractivity contribution in [2.45, 2.75) is 44.6 Å². The number of hydrogen-bond donors (Lipinski definition) is 1. The lowest BCUT2D eigenvalue weighted by Gasteiger charge is -2.34. The summed E-state index contributed by atoms with van der Waals surface area (Å²) in [5.41, 5.74) is 6.46. The molecule has 2 nitrogen and oxygen atoms in total. The van der Waals surface area contributed by atoms with E-state index in [-0.39, 0.29) is 18.0 Å². The molecule has 1 saturated carbocycles. The maximum absolute atomic E-state index is 6.04. The van der Waals surface area contributed by atoms with Gasteiger partial charge in [0.25, 0.3) is 0 Å². The molecule has 0 saturated heterocycles. The summed E-state index contributed by atoms with van der Waals surface area (Å²) in [6, 6.07) is 7.69. The molecule has 1 aliphatic carbocycles. The van der Waals surface area contributed by atoms with Gasteiger partial charge in [-0.25, -0.2) is 0 Å². The van der Waals surface area contributed by atoms with E-state index in [0.717, 1.165) is 24.3 Å². The van der Waals surface area contributed by atoms with Crippen LogP contribution in [0.1, 0.15) is 39.0 Å². The molecule has 0 aliphatic heterocycles. The predicted octanol–water partition coefficient (Wildman–Crippen LogP) is 3.79. The van der Waals surface area contributed by atoms with Crippen molar-refractivity contribution < 1.29 is 4.74 Å². The van der Waals surface area contributed by atoms with Crippen molar-refractivity contribution in [3.63, 3.8) is 0 Å². The molecule has 0 heterocycles. The number of anilines is 1. The first-order chi connectivity index (χ1) is 7.18. The number of nitrogen functional groups attached to an aromatic ring is 1. The quantitative estimate of drug-likeness (QED) is 0.800. The van der Waals surface area contributed by atoms with Crippen molar-refractivity contribution in [3.05, 3.63) is 24.3 Å².